The number of esters is 4. The molecule has 1 atom stereocenters. The average molecular weight is 1730 g/mol. The standard InChI is InChI=1S/C101H175N5O17/c1-6-10-14-18-22-26-30-34-38-42-46-50-54-58-62-67-97(111)120-81-76-105(77-82-121-98(112)68-63-59-55-51-47-43-39-35-31-27-23-19-15-11-7-2)95(109)73-71-93(107)103-91-92(101(115)102-75-66-80-117-87-88-119-90-89-118-86-85-116-5)104-94(108)72-74-96(110)106(78-83-122-99(113)69-64-60-56-52-48-44-40-36-32-28-24-20-16-12-8-3)79-84-123-100(114)70-65-61-57-53-49-45-41-37-33-29-25-21-17-13-9-4/h22-29,34-41,92H,6-21,30-33,42-91H2,1-5H3,(H,102,115)(H,103,107)(H,104,108)/b26-22-,27-23-,28-24-,29-25-,38-34-,39-35-,40-36-,41-37-/t92-/m0/s1. The summed E-state index contributed by atoms with van der Waals surface area (Å²) in [6.07, 6.45) is 82.4. The minimum Gasteiger partial charge on any atom is -0.464 e. The number of amides is 5. The van der Waals surface area contributed by atoms with Gasteiger partial charge in [0.25, 0.3) is 0 Å². The van der Waals surface area contributed by atoms with Crippen molar-refractivity contribution in [2.75, 3.05) is 119 Å². The molecule has 0 aliphatic carbocycles. The van der Waals surface area contributed by atoms with E-state index in [2.05, 4.69) is 141 Å². The Bertz CT molecular complexity index is 2670. The van der Waals surface area contributed by atoms with Crippen molar-refractivity contribution in [3.8, 4) is 0 Å². The van der Waals surface area contributed by atoms with E-state index in [1.54, 1.807) is 7.11 Å². The van der Waals surface area contributed by atoms with Crippen LogP contribution < -0.4 is 16.0 Å². The minimum absolute atomic E-state index is 0.00458. The molecule has 22 nitrogen and oxygen atoms in total. The predicted octanol–water partition coefficient (Wildman–Crippen LogP) is 21.4. The lowest BCUT2D eigenvalue weighted by atomic mass is 10.1. The summed E-state index contributed by atoms with van der Waals surface area (Å²) >= 11 is 0. The highest BCUT2D eigenvalue weighted by Gasteiger charge is 2.25. The van der Waals surface area contributed by atoms with Gasteiger partial charge in [-0.25, -0.2) is 0 Å². The quantitative estimate of drug-likeness (QED) is 0.0221. The lowest BCUT2D eigenvalue weighted by Gasteiger charge is -2.23. The lowest BCUT2D eigenvalue weighted by Crippen LogP contribution is -2.53. The van der Waals surface area contributed by atoms with Gasteiger partial charge in [0, 0.05) is 78.2 Å². The summed E-state index contributed by atoms with van der Waals surface area (Å²) in [6, 6.07) is -1.31. The van der Waals surface area contributed by atoms with Crippen LogP contribution in [-0.2, 0) is 81.0 Å². The van der Waals surface area contributed by atoms with Crippen molar-refractivity contribution < 1.29 is 81.0 Å². The van der Waals surface area contributed by atoms with Gasteiger partial charge in [0.2, 0.25) is 29.5 Å². The Morgan fingerprint density at radius 1 is 0.268 bits per heavy atom. The molecule has 706 valence electrons. The monoisotopic (exact) mass is 1730 g/mol. The molecule has 22 heteroatoms. The molecule has 0 radical (unpaired) electrons. The number of carbonyl (C=O) groups excluding carboxylic acids is 9. The molecule has 3 N–H and O–H groups in total. The van der Waals surface area contributed by atoms with Gasteiger partial charge in [0.15, 0.2) is 0 Å². The van der Waals surface area contributed by atoms with Crippen molar-refractivity contribution in [3.05, 3.63) is 97.2 Å². The molecule has 0 saturated heterocycles. The second kappa shape index (κ2) is 94.1. The number of carbonyl (C=O) groups is 9. The second-order valence-electron chi connectivity index (χ2n) is 32.0. The number of unbranched alkanes of at least 4 members (excludes halogenated alkanes) is 32. The maximum Gasteiger partial charge on any atom is 0.305 e. The second-order valence-corrected chi connectivity index (χ2v) is 32.0. The summed E-state index contributed by atoms with van der Waals surface area (Å²) in [5, 5.41) is 8.21. The average Bonchev–Trinajstić information content (AvgIpc) is 0.900. The zero-order chi connectivity index (χ0) is 89.5. The Morgan fingerprint density at radius 3 is 0.837 bits per heavy atom. The molecule has 0 aromatic rings. The van der Waals surface area contributed by atoms with Gasteiger partial charge in [-0.2, -0.15) is 0 Å². The number of hydrogen-bond acceptors (Lipinski definition) is 17. The normalized spacial score (nSPS) is 12.1. The van der Waals surface area contributed by atoms with Crippen LogP contribution >= 0.6 is 0 Å². The molecular formula is C101H175N5O17. The summed E-state index contributed by atoms with van der Waals surface area (Å²) < 4.78 is 44.1. The summed E-state index contributed by atoms with van der Waals surface area (Å²) in [5.41, 5.74) is 0. The van der Waals surface area contributed by atoms with Crippen molar-refractivity contribution in [1.29, 1.82) is 0 Å². The van der Waals surface area contributed by atoms with E-state index < -0.39 is 35.6 Å². The molecule has 0 bridgehead atoms. The Morgan fingerprint density at radius 2 is 0.537 bits per heavy atom. The highest BCUT2D eigenvalue weighted by Crippen LogP contribution is 2.16. The van der Waals surface area contributed by atoms with E-state index in [0.29, 0.717) is 71.7 Å². The molecule has 0 aliphatic heterocycles. The summed E-state index contributed by atoms with van der Waals surface area (Å²) in [6.45, 7) is 11.0. The first kappa shape index (κ1) is 116. The fourth-order valence-corrected chi connectivity index (χ4v) is 13.1. The predicted molar refractivity (Wildman–Crippen MR) is 500 cm³/mol. The van der Waals surface area contributed by atoms with E-state index in [0.717, 1.165) is 180 Å². The molecule has 123 heavy (non-hydrogen) atoms. The number of allylic oxidation sites excluding steroid dienone is 16. The molecule has 0 spiro atoms. The van der Waals surface area contributed by atoms with Crippen LogP contribution in [0.5, 0.6) is 0 Å². The molecule has 0 heterocycles. The number of methoxy groups -OCH3 is 1. The Balaban J connectivity index is 6.10. The van der Waals surface area contributed by atoms with Gasteiger partial charge >= 0.3 is 23.9 Å². The number of nitrogens with one attached hydrogen (secondary N) is 3. The fraction of sp³-hybridized carbons (Fsp3) is 0.752. The van der Waals surface area contributed by atoms with Crippen LogP contribution in [0.25, 0.3) is 0 Å². The maximum atomic E-state index is 14.1. The van der Waals surface area contributed by atoms with Crippen molar-refractivity contribution in [2.45, 2.75) is 374 Å². The van der Waals surface area contributed by atoms with Crippen LogP contribution in [0.1, 0.15) is 368 Å². The first-order valence-electron chi connectivity index (χ1n) is 48.7. The molecule has 0 fully saturated rings. The van der Waals surface area contributed by atoms with Crippen LogP contribution in [0.2, 0.25) is 0 Å². The zero-order valence-corrected chi connectivity index (χ0v) is 78.1. The molecule has 0 rings (SSSR count). The van der Waals surface area contributed by atoms with E-state index in [1.807, 2.05) is 0 Å². The summed E-state index contributed by atoms with van der Waals surface area (Å²) in [4.78, 5) is 124. The third-order valence-electron chi connectivity index (χ3n) is 20.8. The number of rotatable bonds is 91. The lowest BCUT2D eigenvalue weighted by molar-refractivity contribution is -0.148. The van der Waals surface area contributed by atoms with Crippen molar-refractivity contribution in [1.82, 2.24) is 25.8 Å². The highest BCUT2D eigenvalue weighted by atomic mass is 16.6. The van der Waals surface area contributed by atoms with E-state index >= 15 is 0 Å². The molecular weight excluding hydrogens is 1560 g/mol. The molecule has 0 saturated carbocycles. The molecule has 5 amide bonds. The molecule has 0 aliphatic rings. The van der Waals surface area contributed by atoms with Crippen molar-refractivity contribution >= 4 is 53.4 Å². The molecule has 0 unspecified atom stereocenters. The Hall–Kier alpha value is -7.01. The van der Waals surface area contributed by atoms with Gasteiger partial charge in [-0.1, -0.05) is 253 Å². The number of hydrogen-bond donors (Lipinski definition) is 3. The van der Waals surface area contributed by atoms with Crippen LogP contribution in [-0.4, -0.2) is 188 Å². The molecule has 0 aromatic carbocycles. The van der Waals surface area contributed by atoms with Crippen LogP contribution in [0.4, 0.5) is 0 Å². The van der Waals surface area contributed by atoms with E-state index in [9.17, 15) is 43.2 Å². The highest BCUT2D eigenvalue weighted by molar-refractivity contribution is 5.90. The maximum absolute atomic E-state index is 14.1. The largest absolute Gasteiger partial charge is 0.464 e. The van der Waals surface area contributed by atoms with Gasteiger partial charge in [-0.15, -0.1) is 0 Å². The third-order valence-corrected chi connectivity index (χ3v) is 20.8. The van der Waals surface area contributed by atoms with E-state index in [4.69, 9.17) is 37.9 Å². The van der Waals surface area contributed by atoms with Gasteiger partial charge in [0.05, 0.1) is 65.8 Å². The number of nitrogens with zero attached hydrogens (tertiary/aromatic N) is 2. The fourth-order valence-electron chi connectivity index (χ4n) is 13.1. The zero-order valence-electron chi connectivity index (χ0n) is 78.1. The topological polar surface area (TPSA) is 270 Å². The van der Waals surface area contributed by atoms with Crippen LogP contribution in [0.3, 0.4) is 0 Å². The molecule has 0 aromatic heterocycles. The van der Waals surface area contributed by atoms with Gasteiger partial charge in [-0.3, -0.25) is 43.2 Å². The van der Waals surface area contributed by atoms with Crippen LogP contribution in [0, 0.1) is 0 Å². The SMILES string of the molecule is CCCCC/C=C\C/C=C\CCCCCCCC(=O)OCCN(CCOC(=O)CCCCCCC/C=C\C/C=C\CCCCC)C(=O)CCC(=O)NC[C@H](NC(=O)CCC(=O)N(CCOC(=O)CCCCCCC/C=C\C/C=C\CCCCC)CCOC(=O)CCCCCCC/C=C\C/C=C\CCCCC)C(=O)NCCCOCCOCCOCCOC. The van der Waals surface area contributed by atoms with Crippen molar-refractivity contribution in [3.63, 3.8) is 0 Å². The van der Waals surface area contributed by atoms with Crippen molar-refractivity contribution in [2.24, 2.45) is 0 Å². The Labute approximate surface area is 746 Å². The summed E-state index contributed by atoms with van der Waals surface area (Å²) in [5.74, 6) is -4.29. The van der Waals surface area contributed by atoms with Gasteiger partial charge in [-0.05, 0) is 161 Å². The van der Waals surface area contributed by atoms with E-state index in [1.165, 1.54) is 86.8 Å². The minimum atomic E-state index is -1.31. The first-order valence-corrected chi connectivity index (χ1v) is 48.7. The van der Waals surface area contributed by atoms with Crippen LogP contribution in [0.15, 0.2) is 97.2 Å². The summed E-state index contributed by atoms with van der Waals surface area (Å²) in [7, 11) is 1.60. The Kier molecular flexibility index (Phi) is 88.8. The first-order chi connectivity index (χ1) is 60.3. The van der Waals surface area contributed by atoms with Gasteiger partial charge < -0.3 is 63.6 Å². The number of ether oxygens (including phenoxy) is 8. The third kappa shape index (κ3) is 85.6. The van der Waals surface area contributed by atoms with E-state index in [-0.39, 0.29) is 148 Å². The smallest absolute Gasteiger partial charge is 0.305 e. The van der Waals surface area contributed by atoms with Gasteiger partial charge in [0.1, 0.15) is 32.5 Å².